The summed E-state index contributed by atoms with van der Waals surface area (Å²) < 4.78 is 28.3. The van der Waals surface area contributed by atoms with Crippen molar-refractivity contribution in [1.29, 1.82) is 0 Å². The van der Waals surface area contributed by atoms with Gasteiger partial charge in [-0.15, -0.1) is 0 Å². The van der Waals surface area contributed by atoms with E-state index >= 15 is 0 Å². The van der Waals surface area contributed by atoms with E-state index in [4.69, 9.17) is 11.6 Å². The van der Waals surface area contributed by atoms with Crippen molar-refractivity contribution in [1.82, 2.24) is 0 Å². The number of sulfonamides is 1. The van der Waals surface area contributed by atoms with Crippen molar-refractivity contribution in [2.45, 2.75) is 55.8 Å². The lowest BCUT2D eigenvalue weighted by Crippen LogP contribution is -2.48. The lowest BCUT2D eigenvalue weighted by atomic mass is 9.48. The van der Waals surface area contributed by atoms with Crippen LogP contribution in [0.5, 0.6) is 0 Å². The molecule has 148 valence electrons. The van der Waals surface area contributed by atoms with Crippen LogP contribution in [0.3, 0.4) is 0 Å². The third kappa shape index (κ3) is 3.05. The van der Waals surface area contributed by atoms with Gasteiger partial charge in [0.1, 0.15) is 4.90 Å². The molecule has 0 amide bonds. The molecule has 4 aliphatic carbocycles. The van der Waals surface area contributed by atoms with E-state index in [1.807, 2.05) is 13.0 Å². The highest BCUT2D eigenvalue weighted by molar-refractivity contribution is 7.92. The molecule has 0 aromatic heterocycles. The third-order valence-corrected chi connectivity index (χ3v) is 9.11. The van der Waals surface area contributed by atoms with Crippen molar-refractivity contribution in [3.8, 4) is 0 Å². The largest absolute Gasteiger partial charge is 0.279 e. The molecular weight excluding hydrogens is 390 g/mol. The lowest BCUT2D eigenvalue weighted by Gasteiger charge is -2.57. The Bertz CT molecular complexity index is 995. The van der Waals surface area contributed by atoms with Crippen molar-refractivity contribution < 1.29 is 8.42 Å². The molecule has 0 unspecified atom stereocenters. The molecule has 0 spiro atoms. The molecule has 2 aromatic carbocycles. The van der Waals surface area contributed by atoms with Crippen molar-refractivity contribution in [2.24, 2.45) is 17.8 Å². The van der Waals surface area contributed by atoms with Gasteiger partial charge in [-0.05, 0) is 97.9 Å². The van der Waals surface area contributed by atoms with Gasteiger partial charge in [0.25, 0.3) is 10.0 Å². The van der Waals surface area contributed by atoms with Crippen LogP contribution in [-0.4, -0.2) is 8.42 Å². The normalized spacial score (nSPS) is 31.1. The molecule has 0 heterocycles. The van der Waals surface area contributed by atoms with Gasteiger partial charge in [0.2, 0.25) is 0 Å². The molecule has 6 rings (SSSR count). The Balaban J connectivity index is 1.44. The van der Waals surface area contributed by atoms with Crippen LogP contribution < -0.4 is 4.72 Å². The van der Waals surface area contributed by atoms with E-state index in [9.17, 15) is 8.42 Å². The number of anilines is 1. The van der Waals surface area contributed by atoms with E-state index in [0.717, 1.165) is 23.3 Å². The fraction of sp³-hybridized carbons (Fsp3) is 0.478. The summed E-state index contributed by atoms with van der Waals surface area (Å²) in [6.45, 7) is 1.99. The highest BCUT2D eigenvalue weighted by Crippen LogP contribution is 2.60. The molecule has 4 bridgehead atoms. The first-order valence-corrected chi connectivity index (χ1v) is 12.1. The van der Waals surface area contributed by atoms with Gasteiger partial charge in [-0.3, -0.25) is 4.72 Å². The number of hydrogen-bond donors (Lipinski definition) is 1. The summed E-state index contributed by atoms with van der Waals surface area (Å²) in [7, 11) is -3.71. The fourth-order valence-electron chi connectivity index (χ4n) is 6.43. The molecule has 0 saturated heterocycles. The predicted molar refractivity (Wildman–Crippen MR) is 113 cm³/mol. The number of benzene rings is 2. The molecule has 1 N–H and O–H groups in total. The average molecular weight is 416 g/mol. The number of nitrogens with one attached hydrogen (secondary N) is 1. The predicted octanol–water partition coefficient (Wildman–Crippen LogP) is 5.92. The molecule has 4 fully saturated rings. The molecule has 28 heavy (non-hydrogen) atoms. The van der Waals surface area contributed by atoms with E-state index < -0.39 is 10.0 Å². The van der Waals surface area contributed by atoms with Crippen LogP contribution in [0.25, 0.3) is 0 Å². The third-order valence-electron chi connectivity index (χ3n) is 7.25. The van der Waals surface area contributed by atoms with Crippen molar-refractivity contribution in [2.75, 3.05) is 4.72 Å². The minimum atomic E-state index is -3.71. The summed E-state index contributed by atoms with van der Waals surface area (Å²) >= 11 is 6.10. The van der Waals surface area contributed by atoms with Crippen molar-refractivity contribution >= 4 is 27.3 Å². The first kappa shape index (κ1) is 18.5. The van der Waals surface area contributed by atoms with Crippen molar-refractivity contribution in [3.63, 3.8) is 0 Å². The topological polar surface area (TPSA) is 46.2 Å². The van der Waals surface area contributed by atoms with E-state index in [2.05, 4.69) is 16.9 Å². The summed E-state index contributed by atoms with van der Waals surface area (Å²) in [5.41, 5.74) is 3.33. The Labute approximate surface area is 172 Å². The van der Waals surface area contributed by atoms with Crippen LogP contribution in [0, 0.1) is 24.7 Å². The second kappa shape index (κ2) is 6.50. The molecule has 5 heteroatoms. The summed E-state index contributed by atoms with van der Waals surface area (Å²) in [6.07, 6.45) is 8.20. The zero-order valence-electron chi connectivity index (χ0n) is 16.1. The number of rotatable bonds is 4. The van der Waals surface area contributed by atoms with E-state index in [1.54, 1.807) is 18.2 Å². The maximum atomic E-state index is 12.8. The highest BCUT2D eigenvalue weighted by atomic mass is 35.5. The van der Waals surface area contributed by atoms with Crippen LogP contribution in [0.1, 0.15) is 49.7 Å². The molecule has 3 nitrogen and oxygen atoms in total. The van der Waals surface area contributed by atoms with Crippen LogP contribution in [0.15, 0.2) is 47.4 Å². The number of hydrogen-bond acceptors (Lipinski definition) is 2. The minimum absolute atomic E-state index is 0.112. The van der Waals surface area contributed by atoms with E-state index in [-0.39, 0.29) is 9.92 Å². The van der Waals surface area contributed by atoms with Gasteiger partial charge in [0.15, 0.2) is 0 Å². The standard InChI is InChI=1S/C23H26ClNO2S/c1-15-8-19(23-12-16-9-17(13-23)11-18(10-16)14-23)6-7-21(15)25-28(26,27)22-5-3-2-4-20(22)24/h2-8,16-18,25H,9-14H2,1H3. The zero-order chi connectivity index (χ0) is 19.5. The molecular formula is C23H26ClNO2S. The smallest absolute Gasteiger partial charge is 0.263 e. The summed E-state index contributed by atoms with van der Waals surface area (Å²) in [5, 5.41) is 0.234. The SMILES string of the molecule is Cc1cc(C23CC4CC(CC(C4)C2)C3)ccc1NS(=O)(=O)c1ccccc1Cl. The molecule has 0 aliphatic heterocycles. The minimum Gasteiger partial charge on any atom is -0.279 e. The number of aryl methyl sites for hydroxylation is 1. The second-order valence-electron chi connectivity index (χ2n) is 9.26. The maximum absolute atomic E-state index is 12.8. The average Bonchev–Trinajstić information content (AvgIpc) is 2.62. The molecule has 2 aromatic rings. The molecule has 4 saturated carbocycles. The Morgan fingerprint density at radius 3 is 2.14 bits per heavy atom. The Hall–Kier alpha value is -1.52. The van der Waals surface area contributed by atoms with E-state index in [1.165, 1.54) is 50.2 Å². The Morgan fingerprint density at radius 2 is 1.57 bits per heavy atom. The van der Waals surface area contributed by atoms with Gasteiger partial charge in [0, 0.05) is 0 Å². The van der Waals surface area contributed by atoms with Gasteiger partial charge in [0.05, 0.1) is 10.7 Å². The first-order valence-electron chi connectivity index (χ1n) is 10.2. The van der Waals surface area contributed by atoms with Crippen LogP contribution in [-0.2, 0) is 15.4 Å². The first-order chi connectivity index (χ1) is 13.3. The molecule has 0 atom stereocenters. The van der Waals surface area contributed by atoms with Crippen molar-refractivity contribution in [3.05, 3.63) is 58.6 Å². The van der Waals surface area contributed by atoms with Crippen LogP contribution in [0.4, 0.5) is 5.69 Å². The quantitative estimate of drug-likeness (QED) is 0.673. The van der Waals surface area contributed by atoms with Gasteiger partial charge >= 0.3 is 0 Å². The Kier molecular flexibility index (Phi) is 4.29. The Morgan fingerprint density at radius 1 is 0.964 bits per heavy atom. The summed E-state index contributed by atoms with van der Waals surface area (Å²) in [5.74, 6) is 2.68. The molecule has 0 radical (unpaired) electrons. The molecule has 4 aliphatic rings. The van der Waals surface area contributed by atoms with E-state index in [0.29, 0.717) is 11.1 Å². The fourth-order valence-corrected chi connectivity index (χ4v) is 8.09. The van der Waals surface area contributed by atoms with Crippen LogP contribution >= 0.6 is 11.6 Å². The second-order valence-corrected chi connectivity index (χ2v) is 11.3. The van der Waals surface area contributed by atoms with Gasteiger partial charge < -0.3 is 0 Å². The summed E-state index contributed by atoms with van der Waals surface area (Å²) in [6, 6.07) is 12.9. The number of halogens is 1. The van der Waals surface area contributed by atoms with Crippen LogP contribution in [0.2, 0.25) is 5.02 Å². The summed E-state index contributed by atoms with van der Waals surface area (Å²) in [4.78, 5) is 0.112. The lowest BCUT2D eigenvalue weighted by molar-refractivity contribution is -0.00520. The monoisotopic (exact) mass is 415 g/mol. The highest BCUT2D eigenvalue weighted by Gasteiger charge is 2.51. The maximum Gasteiger partial charge on any atom is 0.263 e. The van der Waals surface area contributed by atoms with Gasteiger partial charge in [-0.25, -0.2) is 8.42 Å². The van der Waals surface area contributed by atoms with Gasteiger partial charge in [-0.1, -0.05) is 35.9 Å². The zero-order valence-corrected chi connectivity index (χ0v) is 17.7. The van der Waals surface area contributed by atoms with Gasteiger partial charge in [-0.2, -0.15) is 0 Å².